The molecule has 0 bridgehead atoms. The van der Waals surface area contributed by atoms with Crippen molar-refractivity contribution in [2.45, 2.75) is 6.54 Å². The van der Waals surface area contributed by atoms with E-state index >= 15 is 0 Å². The van der Waals surface area contributed by atoms with Gasteiger partial charge in [-0.05, 0) is 17.5 Å². The highest BCUT2D eigenvalue weighted by molar-refractivity contribution is 7.10. The molecule has 0 N–H and O–H groups in total. The number of carbonyl (C=O) groups excluding carboxylic acids is 1. The summed E-state index contributed by atoms with van der Waals surface area (Å²) in [5, 5.41) is 2.02. The highest BCUT2D eigenvalue weighted by Crippen LogP contribution is 2.11. The van der Waals surface area contributed by atoms with Gasteiger partial charge in [-0.3, -0.25) is 9.69 Å². The van der Waals surface area contributed by atoms with Crippen LogP contribution < -0.4 is 0 Å². The lowest BCUT2D eigenvalue weighted by atomic mass is 10.3. The number of piperazine rings is 1. The molecule has 1 saturated heterocycles. The number of rotatable bonds is 5. The molecule has 1 aliphatic rings. The van der Waals surface area contributed by atoms with Gasteiger partial charge in [0.2, 0.25) is 5.91 Å². The van der Waals surface area contributed by atoms with E-state index in [-0.39, 0.29) is 5.91 Å². The first-order valence-corrected chi connectivity index (χ1v) is 8.38. The van der Waals surface area contributed by atoms with Crippen molar-refractivity contribution in [1.29, 1.82) is 0 Å². The van der Waals surface area contributed by atoms with Crippen LogP contribution in [-0.4, -0.2) is 58.0 Å². The Bertz CT molecular complexity index is 598. The van der Waals surface area contributed by atoms with Crippen molar-refractivity contribution in [3.63, 3.8) is 0 Å². The van der Waals surface area contributed by atoms with Crippen LogP contribution in [0.5, 0.6) is 0 Å². The van der Waals surface area contributed by atoms with Crippen LogP contribution in [0.3, 0.4) is 0 Å². The van der Waals surface area contributed by atoms with Gasteiger partial charge in [-0.15, -0.1) is 11.3 Å². The standard InChI is InChI=1S/C16H20N4OS/c21-16(4-3-15-2-1-13-22-15)20-11-9-18(10-12-20)7-8-19-6-5-17-14-19/h1-6,13-14H,7-12H2. The van der Waals surface area contributed by atoms with Gasteiger partial charge in [0.15, 0.2) is 0 Å². The molecular weight excluding hydrogens is 296 g/mol. The molecule has 6 heteroatoms. The van der Waals surface area contributed by atoms with Crippen molar-refractivity contribution in [2.75, 3.05) is 32.7 Å². The fraction of sp³-hybridized carbons (Fsp3) is 0.375. The van der Waals surface area contributed by atoms with E-state index < -0.39 is 0 Å². The number of hydrogen-bond acceptors (Lipinski definition) is 4. The summed E-state index contributed by atoms with van der Waals surface area (Å²) in [5.74, 6) is 0.114. The molecule has 0 aromatic carbocycles. The van der Waals surface area contributed by atoms with Crippen LogP contribution in [-0.2, 0) is 11.3 Å². The molecule has 3 rings (SSSR count). The molecule has 0 spiro atoms. The molecule has 0 atom stereocenters. The van der Waals surface area contributed by atoms with Gasteiger partial charge in [-0.25, -0.2) is 4.98 Å². The van der Waals surface area contributed by atoms with Crippen molar-refractivity contribution in [1.82, 2.24) is 19.4 Å². The molecule has 5 nitrogen and oxygen atoms in total. The van der Waals surface area contributed by atoms with Crippen LogP contribution >= 0.6 is 11.3 Å². The average Bonchev–Trinajstić information content (AvgIpc) is 3.24. The van der Waals surface area contributed by atoms with Gasteiger partial charge in [0.25, 0.3) is 0 Å². The van der Waals surface area contributed by atoms with Gasteiger partial charge in [0.1, 0.15) is 0 Å². The third kappa shape index (κ3) is 4.05. The van der Waals surface area contributed by atoms with Crippen molar-refractivity contribution in [2.24, 2.45) is 0 Å². The third-order valence-electron chi connectivity index (χ3n) is 3.85. The summed E-state index contributed by atoms with van der Waals surface area (Å²) >= 11 is 1.64. The highest BCUT2D eigenvalue weighted by atomic mass is 32.1. The van der Waals surface area contributed by atoms with Crippen LogP contribution in [0.15, 0.2) is 42.3 Å². The second-order valence-electron chi connectivity index (χ2n) is 5.32. The minimum Gasteiger partial charge on any atom is -0.337 e. The van der Waals surface area contributed by atoms with Crippen LogP contribution in [0, 0.1) is 0 Å². The molecule has 1 fully saturated rings. The topological polar surface area (TPSA) is 41.4 Å². The van der Waals surface area contributed by atoms with E-state index in [9.17, 15) is 4.79 Å². The zero-order chi connectivity index (χ0) is 15.2. The Morgan fingerprint density at radius 2 is 2.14 bits per heavy atom. The molecule has 2 aromatic rings. The predicted molar refractivity (Wildman–Crippen MR) is 88.6 cm³/mol. The lowest BCUT2D eigenvalue weighted by molar-refractivity contribution is -0.127. The third-order valence-corrected chi connectivity index (χ3v) is 4.69. The first kappa shape index (κ1) is 15.0. The monoisotopic (exact) mass is 316 g/mol. The van der Waals surface area contributed by atoms with E-state index in [4.69, 9.17) is 0 Å². The zero-order valence-electron chi connectivity index (χ0n) is 12.5. The van der Waals surface area contributed by atoms with Crippen molar-refractivity contribution >= 4 is 23.3 Å². The molecule has 0 saturated carbocycles. The number of aromatic nitrogens is 2. The molecule has 3 heterocycles. The molecule has 22 heavy (non-hydrogen) atoms. The smallest absolute Gasteiger partial charge is 0.246 e. The highest BCUT2D eigenvalue weighted by Gasteiger charge is 2.19. The van der Waals surface area contributed by atoms with Gasteiger partial charge in [-0.1, -0.05) is 6.07 Å². The Labute approximate surface area is 134 Å². The molecule has 0 unspecified atom stereocenters. The summed E-state index contributed by atoms with van der Waals surface area (Å²) in [6, 6.07) is 4.01. The second-order valence-corrected chi connectivity index (χ2v) is 6.30. The number of imidazole rings is 1. The molecule has 0 aliphatic carbocycles. The van der Waals surface area contributed by atoms with E-state index in [2.05, 4.69) is 14.5 Å². The largest absolute Gasteiger partial charge is 0.337 e. The normalized spacial score (nSPS) is 16.5. The lowest BCUT2D eigenvalue weighted by Gasteiger charge is -2.34. The summed E-state index contributed by atoms with van der Waals surface area (Å²) in [7, 11) is 0. The van der Waals surface area contributed by atoms with Gasteiger partial charge in [-0.2, -0.15) is 0 Å². The Morgan fingerprint density at radius 3 is 2.82 bits per heavy atom. The van der Waals surface area contributed by atoms with Crippen molar-refractivity contribution in [3.8, 4) is 0 Å². The molecule has 116 valence electrons. The Balaban J connectivity index is 1.42. The van der Waals surface area contributed by atoms with E-state index in [1.807, 2.05) is 41.0 Å². The predicted octanol–water partition coefficient (Wildman–Crippen LogP) is 1.80. The lowest BCUT2D eigenvalue weighted by Crippen LogP contribution is -2.48. The summed E-state index contributed by atoms with van der Waals surface area (Å²) in [6.07, 6.45) is 9.21. The summed E-state index contributed by atoms with van der Waals surface area (Å²) in [5.41, 5.74) is 0. The maximum atomic E-state index is 12.2. The number of amides is 1. The van der Waals surface area contributed by atoms with Crippen LogP contribution in [0.4, 0.5) is 0 Å². The Kier molecular flexibility index (Phi) is 5.03. The van der Waals surface area contributed by atoms with E-state index in [0.717, 1.165) is 44.1 Å². The summed E-state index contributed by atoms with van der Waals surface area (Å²) in [4.78, 5) is 21.6. The van der Waals surface area contributed by atoms with Gasteiger partial charge in [0, 0.05) is 62.6 Å². The number of nitrogens with zero attached hydrogens (tertiary/aromatic N) is 4. The van der Waals surface area contributed by atoms with Crippen LogP contribution in [0.1, 0.15) is 4.88 Å². The first-order chi connectivity index (χ1) is 10.8. The zero-order valence-corrected chi connectivity index (χ0v) is 13.3. The minimum atomic E-state index is 0.114. The number of hydrogen-bond donors (Lipinski definition) is 0. The number of carbonyl (C=O) groups is 1. The quantitative estimate of drug-likeness (QED) is 0.790. The first-order valence-electron chi connectivity index (χ1n) is 7.50. The van der Waals surface area contributed by atoms with Crippen molar-refractivity contribution < 1.29 is 4.79 Å². The summed E-state index contributed by atoms with van der Waals surface area (Å²) in [6.45, 7) is 5.44. The molecule has 0 radical (unpaired) electrons. The SMILES string of the molecule is O=C(C=Cc1cccs1)N1CCN(CCn2ccnc2)CC1. The van der Waals surface area contributed by atoms with E-state index in [1.165, 1.54) is 0 Å². The maximum absolute atomic E-state index is 12.2. The Hall–Kier alpha value is -1.92. The van der Waals surface area contributed by atoms with Crippen molar-refractivity contribution in [3.05, 3.63) is 47.2 Å². The molecule has 1 amide bonds. The summed E-state index contributed by atoms with van der Waals surface area (Å²) < 4.78 is 2.08. The van der Waals surface area contributed by atoms with Crippen LogP contribution in [0.25, 0.3) is 6.08 Å². The maximum Gasteiger partial charge on any atom is 0.246 e. The minimum absolute atomic E-state index is 0.114. The van der Waals surface area contributed by atoms with Gasteiger partial charge < -0.3 is 9.47 Å². The average molecular weight is 316 g/mol. The van der Waals surface area contributed by atoms with E-state index in [1.54, 1.807) is 23.6 Å². The van der Waals surface area contributed by atoms with E-state index in [0.29, 0.717) is 0 Å². The molecule has 1 aliphatic heterocycles. The fourth-order valence-electron chi connectivity index (χ4n) is 2.51. The number of thiophene rings is 1. The van der Waals surface area contributed by atoms with Gasteiger partial charge >= 0.3 is 0 Å². The fourth-order valence-corrected chi connectivity index (χ4v) is 3.13. The molecule has 2 aromatic heterocycles. The Morgan fingerprint density at radius 1 is 1.27 bits per heavy atom. The van der Waals surface area contributed by atoms with Crippen LogP contribution in [0.2, 0.25) is 0 Å². The second kappa shape index (κ2) is 7.38. The van der Waals surface area contributed by atoms with Gasteiger partial charge in [0.05, 0.1) is 6.33 Å². The molecular formula is C16H20N4OS.